The molecular formula is C8H14O2. The molecule has 0 spiro atoms. The van der Waals surface area contributed by atoms with Crippen LogP contribution in [0.4, 0.5) is 0 Å². The average Bonchev–Trinajstić information content (AvgIpc) is 2.17. The Morgan fingerprint density at radius 1 is 1.40 bits per heavy atom. The molecule has 1 aliphatic heterocycles. The number of hydrogen-bond donors (Lipinski definition) is 0. The molecule has 1 saturated heterocycles. The van der Waals surface area contributed by atoms with Crippen molar-refractivity contribution in [3.8, 4) is 0 Å². The van der Waals surface area contributed by atoms with Crippen LogP contribution in [-0.4, -0.2) is 19.5 Å². The van der Waals surface area contributed by atoms with Gasteiger partial charge < -0.3 is 9.53 Å². The molecule has 2 heteroatoms. The van der Waals surface area contributed by atoms with Crippen molar-refractivity contribution in [1.82, 2.24) is 0 Å². The molecule has 58 valence electrons. The van der Waals surface area contributed by atoms with Crippen LogP contribution in [0.25, 0.3) is 0 Å². The number of ether oxygens (including phenoxy) is 1. The van der Waals surface area contributed by atoms with E-state index in [1.807, 2.05) is 0 Å². The lowest BCUT2D eigenvalue weighted by Crippen LogP contribution is -2.00. The van der Waals surface area contributed by atoms with Gasteiger partial charge in [-0.1, -0.05) is 0 Å². The van der Waals surface area contributed by atoms with Gasteiger partial charge in [0, 0.05) is 19.6 Å². The van der Waals surface area contributed by atoms with Crippen LogP contribution in [0.5, 0.6) is 0 Å². The van der Waals surface area contributed by atoms with Crippen LogP contribution in [0, 0.1) is 5.92 Å². The zero-order valence-electron chi connectivity index (χ0n) is 6.21. The Kier molecular flexibility index (Phi) is 3.44. The summed E-state index contributed by atoms with van der Waals surface area (Å²) >= 11 is 0. The van der Waals surface area contributed by atoms with Gasteiger partial charge in [-0.15, -0.1) is 0 Å². The van der Waals surface area contributed by atoms with Gasteiger partial charge in [-0.25, -0.2) is 0 Å². The van der Waals surface area contributed by atoms with E-state index in [2.05, 4.69) is 0 Å². The molecule has 2 nitrogen and oxygen atoms in total. The van der Waals surface area contributed by atoms with E-state index in [0.29, 0.717) is 5.92 Å². The molecule has 1 atom stereocenters. The van der Waals surface area contributed by atoms with Gasteiger partial charge in [-0.2, -0.15) is 0 Å². The minimum atomic E-state index is 0.597. The Bertz CT molecular complexity index is 93.4. The molecule has 0 aliphatic carbocycles. The zero-order valence-corrected chi connectivity index (χ0v) is 6.21. The fraction of sp³-hybridized carbons (Fsp3) is 0.875. The summed E-state index contributed by atoms with van der Waals surface area (Å²) in [7, 11) is 0. The highest BCUT2D eigenvalue weighted by molar-refractivity contribution is 5.49. The number of rotatable bonds is 2. The lowest BCUT2D eigenvalue weighted by molar-refractivity contribution is -0.108. The summed E-state index contributed by atoms with van der Waals surface area (Å²) < 4.78 is 5.26. The Morgan fingerprint density at radius 3 is 3.10 bits per heavy atom. The molecule has 0 N–H and O–H groups in total. The molecule has 1 unspecified atom stereocenters. The Morgan fingerprint density at radius 2 is 2.30 bits per heavy atom. The molecule has 0 radical (unpaired) electrons. The maximum absolute atomic E-state index is 10.1. The summed E-state index contributed by atoms with van der Waals surface area (Å²) in [5.74, 6) is 0.597. The smallest absolute Gasteiger partial charge is 0.120 e. The van der Waals surface area contributed by atoms with E-state index >= 15 is 0 Å². The lowest BCUT2D eigenvalue weighted by atomic mass is 9.98. The molecule has 1 heterocycles. The lowest BCUT2D eigenvalue weighted by Gasteiger charge is -2.06. The quantitative estimate of drug-likeness (QED) is 0.545. The van der Waals surface area contributed by atoms with E-state index in [4.69, 9.17) is 4.74 Å². The summed E-state index contributed by atoms with van der Waals surface area (Å²) in [4.78, 5) is 10.1. The Hall–Kier alpha value is -0.370. The van der Waals surface area contributed by atoms with Crippen LogP contribution >= 0.6 is 0 Å². The van der Waals surface area contributed by atoms with Crippen LogP contribution in [0.1, 0.15) is 25.7 Å². The average molecular weight is 142 g/mol. The molecule has 0 amide bonds. The van der Waals surface area contributed by atoms with Crippen molar-refractivity contribution >= 4 is 6.29 Å². The number of aldehydes is 1. The molecule has 0 bridgehead atoms. The highest BCUT2D eigenvalue weighted by Gasteiger charge is 2.10. The topological polar surface area (TPSA) is 26.3 Å². The first kappa shape index (κ1) is 7.73. The Balaban J connectivity index is 2.21. The molecule has 1 fully saturated rings. The summed E-state index contributed by atoms with van der Waals surface area (Å²) in [6, 6.07) is 0. The second-order valence-corrected chi connectivity index (χ2v) is 2.81. The van der Waals surface area contributed by atoms with Crippen LogP contribution in [0.15, 0.2) is 0 Å². The van der Waals surface area contributed by atoms with Crippen molar-refractivity contribution in [3.63, 3.8) is 0 Å². The molecule has 10 heavy (non-hydrogen) atoms. The normalized spacial score (nSPS) is 27.4. The third-order valence-electron chi connectivity index (χ3n) is 2.00. The molecular weight excluding hydrogens is 128 g/mol. The minimum absolute atomic E-state index is 0.597. The van der Waals surface area contributed by atoms with Crippen molar-refractivity contribution in [1.29, 1.82) is 0 Å². The third-order valence-corrected chi connectivity index (χ3v) is 2.00. The van der Waals surface area contributed by atoms with E-state index in [1.54, 1.807) is 0 Å². The largest absolute Gasteiger partial charge is 0.381 e. The number of carbonyl (C=O) groups is 1. The van der Waals surface area contributed by atoms with Gasteiger partial charge in [0.2, 0.25) is 0 Å². The third kappa shape index (κ3) is 2.48. The van der Waals surface area contributed by atoms with Gasteiger partial charge in [-0.3, -0.25) is 0 Å². The van der Waals surface area contributed by atoms with Crippen molar-refractivity contribution in [2.45, 2.75) is 25.7 Å². The van der Waals surface area contributed by atoms with Crippen molar-refractivity contribution < 1.29 is 9.53 Å². The first-order valence-electron chi connectivity index (χ1n) is 3.95. The predicted octanol–water partition coefficient (Wildman–Crippen LogP) is 1.39. The second-order valence-electron chi connectivity index (χ2n) is 2.81. The molecule has 0 saturated carbocycles. The van der Waals surface area contributed by atoms with E-state index in [0.717, 1.165) is 38.8 Å². The van der Waals surface area contributed by atoms with Crippen molar-refractivity contribution in [2.24, 2.45) is 5.92 Å². The summed E-state index contributed by atoms with van der Waals surface area (Å²) in [6.45, 7) is 1.73. The van der Waals surface area contributed by atoms with E-state index in [-0.39, 0.29) is 0 Å². The van der Waals surface area contributed by atoms with Gasteiger partial charge in [0.05, 0.1) is 0 Å². The van der Waals surface area contributed by atoms with E-state index in [9.17, 15) is 4.79 Å². The van der Waals surface area contributed by atoms with Crippen molar-refractivity contribution in [2.75, 3.05) is 13.2 Å². The standard InChI is InChI=1S/C8H14O2/c9-5-3-8-2-1-6-10-7-4-8/h5,8H,1-4,6-7H2. The molecule has 0 aromatic heterocycles. The molecule has 1 rings (SSSR count). The zero-order chi connectivity index (χ0) is 7.23. The predicted molar refractivity (Wildman–Crippen MR) is 38.8 cm³/mol. The number of carbonyl (C=O) groups excluding carboxylic acids is 1. The van der Waals surface area contributed by atoms with Gasteiger partial charge in [0.25, 0.3) is 0 Å². The van der Waals surface area contributed by atoms with Crippen LogP contribution in [0.3, 0.4) is 0 Å². The first-order chi connectivity index (χ1) is 4.93. The van der Waals surface area contributed by atoms with E-state index < -0.39 is 0 Å². The fourth-order valence-corrected chi connectivity index (χ4v) is 1.34. The van der Waals surface area contributed by atoms with E-state index in [1.165, 1.54) is 6.42 Å². The summed E-state index contributed by atoms with van der Waals surface area (Å²) in [5, 5.41) is 0. The van der Waals surface area contributed by atoms with Gasteiger partial charge in [0.1, 0.15) is 6.29 Å². The number of hydrogen-bond acceptors (Lipinski definition) is 2. The van der Waals surface area contributed by atoms with Gasteiger partial charge in [-0.05, 0) is 25.2 Å². The summed E-state index contributed by atoms with van der Waals surface area (Å²) in [5.41, 5.74) is 0. The monoisotopic (exact) mass is 142 g/mol. The maximum Gasteiger partial charge on any atom is 0.120 e. The first-order valence-corrected chi connectivity index (χ1v) is 3.95. The highest BCUT2D eigenvalue weighted by atomic mass is 16.5. The van der Waals surface area contributed by atoms with Gasteiger partial charge >= 0.3 is 0 Å². The highest BCUT2D eigenvalue weighted by Crippen LogP contribution is 2.17. The fourth-order valence-electron chi connectivity index (χ4n) is 1.34. The molecule has 0 aromatic rings. The summed E-state index contributed by atoms with van der Waals surface area (Å²) in [6.07, 6.45) is 5.11. The van der Waals surface area contributed by atoms with Crippen molar-refractivity contribution in [3.05, 3.63) is 0 Å². The SMILES string of the molecule is O=CCC1CCCOCC1. The van der Waals surface area contributed by atoms with Crippen LogP contribution in [0.2, 0.25) is 0 Å². The Labute approximate surface area is 61.6 Å². The molecule has 1 aliphatic rings. The minimum Gasteiger partial charge on any atom is -0.381 e. The van der Waals surface area contributed by atoms with Gasteiger partial charge in [0.15, 0.2) is 0 Å². The molecule has 0 aromatic carbocycles. The second kappa shape index (κ2) is 4.45. The maximum atomic E-state index is 10.1. The van der Waals surface area contributed by atoms with Crippen LogP contribution < -0.4 is 0 Å². The van der Waals surface area contributed by atoms with Crippen LogP contribution in [-0.2, 0) is 9.53 Å².